The second-order valence-electron chi connectivity index (χ2n) is 6.98. The third kappa shape index (κ3) is 5.40. The monoisotopic (exact) mass is 423 g/mol. The average Bonchev–Trinajstić information content (AvgIpc) is 3.18. The highest BCUT2D eigenvalue weighted by atomic mass is 32.1. The van der Waals surface area contributed by atoms with Gasteiger partial charge in [-0.2, -0.15) is 0 Å². The molecule has 0 radical (unpaired) electrons. The molecule has 8 nitrogen and oxygen atoms in total. The number of primary amides is 1. The number of aryl methyl sites for hydroxylation is 1. The van der Waals surface area contributed by atoms with E-state index in [0.29, 0.717) is 20.4 Å². The standard InChI is InChI=1S/C18H21N3O5S2/c1-9-7-12(21-17(25)18(2,3)4)28-13(9)16(24)26-8-11(22)20-15-10(14(19)23)5-6-27-15/h5-7H,8H2,1-4H3,(H2,19,23)(H,20,22)(H,21,25). The Labute approximate surface area is 170 Å². The van der Waals surface area contributed by atoms with Gasteiger partial charge in [0, 0.05) is 5.41 Å². The Hall–Kier alpha value is -2.72. The summed E-state index contributed by atoms with van der Waals surface area (Å²) in [6.45, 7) is 6.55. The fourth-order valence-electron chi connectivity index (χ4n) is 2.01. The Balaban J connectivity index is 1.96. The summed E-state index contributed by atoms with van der Waals surface area (Å²) in [6, 6.07) is 3.17. The van der Waals surface area contributed by atoms with Gasteiger partial charge >= 0.3 is 5.97 Å². The summed E-state index contributed by atoms with van der Waals surface area (Å²) in [6.07, 6.45) is 0. The maximum atomic E-state index is 12.3. The van der Waals surface area contributed by atoms with Crippen molar-refractivity contribution in [1.82, 2.24) is 0 Å². The zero-order valence-electron chi connectivity index (χ0n) is 15.9. The Morgan fingerprint density at radius 2 is 1.86 bits per heavy atom. The highest BCUT2D eigenvalue weighted by Crippen LogP contribution is 2.29. The molecule has 28 heavy (non-hydrogen) atoms. The van der Waals surface area contributed by atoms with Crippen molar-refractivity contribution in [2.75, 3.05) is 17.2 Å². The van der Waals surface area contributed by atoms with Crippen molar-refractivity contribution in [2.24, 2.45) is 11.1 Å². The number of amides is 3. The average molecular weight is 424 g/mol. The molecule has 0 aliphatic heterocycles. The van der Waals surface area contributed by atoms with Gasteiger partial charge in [-0.15, -0.1) is 22.7 Å². The second kappa shape index (κ2) is 8.53. The number of nitrogens with one attached hydrogen (secondary N) is 2. The summed E-state index contributed by atoms with van der Waals surface area (Å²) in [7, 11) is 0. The molecule has 0 aliphatic rings. The molecule has 0 aliphatic carbocycles. The number of hydrogen-bond acceptors (Lipinski definition) is 7. The molecular weight excluding hydrogens is 402 g/mol. The summed E-state index contributed by atoms with van der Waals surface area (Å²) in [4.78, 5) is 47.9. The number of rotatable bonds is 6. The van der Waals surface area contributed by atoms with E-state index < -0.39 is 29.8 Å². The topological polar surface area (TPSA) is 128 Å². The molecule has 0 atom stereocenters. The molecule has 2 aromatic heterocycles. The number of thiophene rings is 2. The summed E-state index contributed by atoms with van der Waals surface area (Å²) < 4.78 is 5.04. The van der Waals surface area contributed by atoms with Crippen LogP contribution in [0.5, 0.6) is 0 Å². The van der Waals surface area contributed by atoms with Crippen molar-refractivity contribution in [3.8, 4) is 0 Å². The lowest BCUT2D eigenvalue weighted by Crippen LogP contribution is -2.27. The molecule has 0 bridgehead atoms. The largest absolute Gasteiger partial charge is 0.451 e. The van der Waals surface area contributed by atoms with Gasteiger partial charge in [0.15, 0.2) is 6.61 Å². The van der Waals surface area contributed by atoms with Crippen molar-refractivity contribution >= 4 is 56.4 Å². The summed E-state index contributed by atoms with van der Waals surface area (Å²) in [5.41, 5.74) is 5.47. The van der Waals surface area contributed by atoms with Crippen LogP contribution in [0.1, 0.15) is 46.4 Å². The first-order chi connectivity index (χ1) is 13.0. The fourth-order valence-corrected chi connectivity index (χ4v) is 3.78. The third-order valence-electron chi connectivity index (χ3n) is 3.54. The van der Waals surface area contributed by atoms with Gasteiger partial charge < -0.3 is 21.1 Å². The molecule has 0 spiro atoms. The third-order valence-corrected chi connectivity index (χ3v) is 5.50. The van der Waals surface area contributed by atoms with E-state index >= 15 is 0 Å². The van der Waals surface area contributed by atoms with Gasteiger partial charge in [-0.05, 0) is 30.0 Å². The fraction of sp³-hybridized carbons (Fsp3) is 0.333. The van der Waals surface area contributed by atoms with Crippen molar-refractivity contribution in [3.05, 3.63) is 33.5 Å². The Kier molecular flexibility index (Phi) is 6.57. The summed E-state index contributed by atoms with van der Waals surface area (Å²) in [5.74, 6) is -2.09. The van der Waals surface area contributed by atoms with Gasteiger partial charge in [-0.3, -0.25) is 14.4 Å². The van der Waals surface area contributed by atoms with Gasteiger partial charge in [-0.1, -0.05) is 20.8 Å². The van der Waals surface area contributed by atoms with Crippen LogP contribution in [0.2, 0.25) is 0 Å². The van der Waals surface area contributed by atoms with E-state index in [1.165, 1.54) is 6.07 Å². The molecule has 4 N–H and O–H groups in total. The lowest BCUT2D eigenvalue weighted by atomic mass is 9.96. The van der Waals surface area contributed by atoms with Crippen LogP contribution in [0.3, 0.4) is 0 Å². The van der Waals surface area contributed by atoms with Crippen LogP contribution in [0.15, 0.2) is 17.5 Å². The lowest BCUT2D eigenvalue weighted by Gasteiger charge is -2.16. The molecule has 2 aromatic rings. The number of anilines is 2. The highest BCUT2D eigenvalue weighted by Gasteiger charge is 2.23. The first-order valence-corrected chi connectivity index (χ1v) is 9.95. The molecule has 0 saturated carbocycles. The molecule has 0 unspecified atom stereocenters. The van der Waals surface area contributed by atoms with Crippen molar-refractivity contribution in [3.63, 3.8) is 0 Å². The smallest absolute Gasteiger partial charge is 0.349 e. The molecule has 2 heterocycles. The number of carbonyl (C=O) groups is 4. The Morgan fingerprint density at radius 1 is 1.18 bits per heavy atom. The van der Waals surface area contributed by atoms with E-state index in [1.807, 2.05) is 0 Å². The summed E-state index contributed by atoms with van der Waals surface area (Å²) in [5, 5.41) is 7.69. The van der Waals surface area contributed by atoms with Gasteiger partial charge in [0.2, 0.25) is 5.91 Å². The maximum absolute atomic E-state index is 12.3. The van der Waals surface area contributed by atoms with Gasteiger partial charge in [0.25, 0.3) is 11.8 Å². The van der Waals surface area contributed by atoms with E-state index in [-0.39, 0.29) is 11.5 Å². The Bertz CT molecular complexity index is 924. The van der Waals surface area contributed by atoms with Crippen molar-refractivity contribution in [1.29, 1.82) is 0 Å². The normalized spacial score (nSPS) is 11.0. The highest BCUT2D eigenvalue weighted by molar-refractivity contribution is 7.18. The quantitative estimate of drug-likeness (QED) is 0.616. The minimum atomic E-state index is -0.671. The predicted octanol–water partition coefficient (Wildman–Crippen LogP) is 3.00. The van der Waals surface area contributed by atoms with Crippen LogP contribution in [-0.4, -0.2) is 30.3 Å². The van der Waals surface area contributed by atoms with E-state index in [9.17, 15) is 19.2 Å². The predicted molar refractivity (Wildman–Crippen MR) is 109 cm³/mol. The number of nitrogens with two attached hydrogens (primary N) is 1. The van der Waals surface area contributed by atoms with E-state index in [1.54, 1.807) is 39.1 Å². The van der Waals surface area contributed by atoms with Crippen LogP contribution in [0.4, 0.5) is 10.0 Å². The molecule has 0 saturated heterocycles. The van der Waals surface area contributed by atoms with Crippen molar-refractivity contribution < 1.29 is 23.9 Å². The van der Waals surface area contributed by atoms with Crippen molar-refractivity contribution in [2.45, 2.75) is 27.7 Å². The number of hydrogen-bond donors (Lipinski definition) is 3. The number of esters is 1. The molecule has 0 fully saturated rings. The SMILES string of the molecule is Cc1cc(NC(=O)C(C)(C)C)sc1C(=O)OCC(=O)Nc1sccc1C(N)=O. The second-order valence-corrected chi connectivity index (χ2v) is 8.95. The van der Waals surface area contributed by atoms with Gasteiger partial charge in [0.1, 0.15) is 9.88 Å². The molecule has 0 aromatic carbocycles. The lowest BCUT2D eigenvalue weighted by molar-refractivity contribution is -0.123. The van der Waals surface area contributed by atoms with Crippen LogP contribution >= 0.6 is 22.7 Å². The van der Waals surface area contributed by atoms with Crippen LogP contribution in [0, 0.1) is 12.3 Å². The van der Waals surface area contributed by atoms with E-state index in [0.717, 1.165) is 22.7 Å². The van der Waals surface area contributed by atoms with Crippen LogP contribution in [-0.2, 0) is 14.3 Å². The first kappa shape index (κ1) is 21.6. The molecule has 3 amide bonds. The van der Waals surface area contributed by atoms with E-state index in [2.05, 4.69) is 10.6 Å². The maximum Gasteiger partial charge on any atom is 0.349 e. The molecule has 150 valence electrons. The molecule has 2 rings (SSSR count). The van der Waals surface area contributed by atoms with E-state index in [4.69, 9.17) is 10.5 Å². The number of ether oxygens (including phenoxy) is 1. The minimum absolute atomic E-state index is 0.172. The molecule has 10 heteroatoms. The zero-order valence-corrected chi connectivity index (χ0v) is 17.5. The zero-order chi connectivity index (χ0) is 21.1. The van der Waals surface area contributed by atoms with Crippen LogP contribution in [0.25, 0.3) is 0 Å². The Morgan fingerprint density at radius 3 is 2.46 bits per heavy atom. The first-order valence-electron chi connectivity index (χ1n) is 8.25. The van der Waals surface area contributed by atoms with Gasteiger partial charge in [-0.25, -0.2) is 4.79 Å². The molecular formula is C18H21N3O5S2. The minimum Gasteiger partial charge on any atom is -0.451 e. The van der Waals surface area contributed by atoms with Gasteiger partial charge in [0.05, 0.1) is 10.6 Å². The van der Waals surface area contributed by atoms with Crippen LogP contribution < -0.4 is 16.4 Å². The summed E-state index contributed by atoms with van der Waals surface area (Å²) >= 11 is 2.22. The number of carbonyl (C=O) groups excluding carboxylic acids is 4.